The molecule has 0 atom stereocenters. The summed E-state index contributed by atoms with van der Waals surface area (Å²) in [7, 11) is 0. The van der Waals surface area contributed by atoms with Crippen LogP contribution in [0.5, 0.6) is 0 Å². The molecule has 0 spiro atoms. The van der Waals surface area contributed by atoms with E-state index in [1.165, 1.54) is 0 Å². The third-order valence-electron chi connectivity index (χ3n) is 0.126. The van der Waals surface area contributed by atoms with Crippen LogP contribution < -0.4 is 0 Å². The molecule has 1 N–H and O–H groups in total. The fourth-order valence-corrected chi connectivity index (χ4v) is 0. The van der Waals surface area contributed by atoms with E-state index in [1.54, 1.807) is 0 Å². The largest absolute Gasteiger partial charge is 0.307 e. The van der Waals surface area contributed by atoms with Gasteiger partial charge < -0.3 is 5.41 Å². The van der Waals surface area contributed by atoms with Crippen molar-refractivity contribution in [3.8, 4) is 0 Å². The molecule has 0 aromatic heterocycles. The minimum absolute atomic E-state index is 0.0833. The molecule has 0 rings (SSSR count). The quantitative estimate of drug-likeness (QED) is 0.451. The van der Waals surface area contributed by atoms with Crippen LogP contribution in [0.15, 0.2) is 0 Å². The van der Waals surface area contributed by atoms with E-state index in [9.17, 15) is 8.78 Å². The monoisotopic (exact) mass is 79.0 g/mol. The molecule has 30 valence electrons. The van der Waals surface area contributed by atoms with Crippen molar-refractivity contribution in [2.75, 3.05) is 0 Å². The second-order valence-corrected chi connectivity index (χ2v) is 0.501. The van der Waals surface area contributed by atoms with Crippen LogP contribution in [0.2, 0.25) is 0 Å². The second kappa shape index (κ2) is 1.81. The van der Waals surface area contributed by atoms with Crippen LogP contribution in [0.25, 0.3) is 0 Å². The summed E-state index contributed by atoms with van der Waals surface area (Å²) < 4.78 is 21.0. The van der Waals surface area contributed by atoms with Crippen molar-refractivity contribution in [3.63, 3.8) is 0 Å². The smallest absolute Gasteiger partial charge is 0.273 e. The summed E-state index contributed by atoms with van der Waals surface area (Å²) in [6, 6.07) is 0. The van der Waals surface area contributed by atoms with Gasteiger partial charge in [0.2, 0.25) is 0 Å². The van der Waals surface area contributed by atoms with Gasteiger partial charge in [0.25, 0.3) is 6.43 Å². The van der Waals surface area contributed by atoms with Crippen LogP contribution in [-0.4, -0.2) is 12.6 Å². The number of nitrogens with one attached hydrogen (secondary N) is 1. The highest BCUT2D eigenvalue weighted by atomic mass is 19.3. The van der Waals surface area contributed by atoms with Crippen LogP contribution in [0.3, 0.4) is 0 Å². The molecular formula is C2H3F2N. The Morgan fingerprint density at radius 1 is 1.60 bits per heavy atom. The molecule has 0 saturated heterocycles. The Morgan fingerprint density at radius 3 is 1.80 bits per heavy atom. The number of halogens is 2. The van der Waals surface area contributed by atoms with E-state index in [2.05, 4.69) is 0 Å². The van der Waals surface area contributed by atoms with Gasteiger partial charge in [-0.05, 0) is 0 Å². The molecule has 0 aliphatic carbocycles. The maximum Gasteiger partial charge on any atom is 0.273 e. The summed E-state index contributed by atoms with van der Waals surface area (Å²) >= 11 is 0. The first-order valence-corrected chi connectivity index (χ1v) is 1.06. The Kier molecular flexibility index (Phi) is 1.64. The van der Waals surface area contributed by atoms with E-state index in [0.29, 0.717) is 0 Å². The van der Waals surface area contributed by atoms with E-state index >= 15 is 0 Å². The van der Waals surface area contributed by atoms with Crippen molar-refractivity contribution < 1.29 is 8.78 Å². The van der Waals surface area contributed by atoms with Crippen LogP contribution in [0.4, 0.5) is 8.78 Å². The second-order valence-electron chi connectivity index (χ2n) is 0.501. The topological polar surface area (TPSA) is 23.9 Å². The molecule has 3 heteroatoms. The summed E-state index contributed by atoms with van der Waals surface area (Å²) in [6.07, 6.45) is -2.49. The van der Waals surface area contributed by atoms with Crippen molar-refractivity contribution >= 4 is 6.21 Å². The molecule has 0 bridgehead atoms. The third kappa shape index (κ3) is 3.53. The number of hydrogen-bond donors (Lipinski definition) is 1. The Hall–Kier alpha value is -0.470. The first kappa shape index (κ1) is 4.53. The van der Waals surface area contributed by atoms with Gasteiger partial charge >= 0.3 is 0 Å². The lowest BCUT2D eigenvalue weighted by Gasteiger charge is -1.73. The molecule has 0 fully saturated rings. The number of rotatable bonds is 1. The molecule has 0 aliphatic rings. The minimum atomic E-state index is -2.57. The van der Waals surface area contributed by atoms with Crippen molar-refractivity contribution in [3.05, 3.63) is 0 Å². The molecule has 0 unspecified atom stereocenters. The zero-order valence-corrected chi connectivity index (χ0v) is 2.41. The maximum atomic E-state index is 10.5. The third-order valence-corrected chi connectivity index (χ3v) is 0.126. The molecular weight excluding hydrogens is 76.0 g/mol. The SMILES string of the molecule is N=CC(F)F. The molecule has 5 heavy (non-hydrogen) atoms. The summed E-state index contributed by atoms with van der Waals surface area (Å²) in [5.41, 5.74) is 0. The summed E-state index contributed by atoms with van der Waals surface area (Å²) in [5.74, 6) is 0. The normalized spacial score (nSPS) is 8.60. The Morgan fingerprint density at radius 2 is 1.80 bits per heavy atom. The number of hydrogen-bond acceptors (Lipinski definition) is 1. The first-order valence-electron chi connectivity index (χ1n) is 1.06. The van der Waals surface area contributed by atoms with Gasteiger partial charge in [0.05, 0.1) is 6.21 Å². The molecule has 0 saturated carbocycles. The van der Waals surface area contributed by atoms with Gasteiger partial charge in [-0.1, -0.05) is 0 Å². The van der Waals surface area contributed by atoms with E-state index < -0.39 is 6.43 Å². The van der Waals surface area contributed by atoms with Crippen molar-refractivity contribution in [2.45, 2.75) is 6.43 Å². The zero-order chi connectivity index (χ0) is 4.28. The van der Waals surface area contributed by atoms with Crippen LogP contribution >= 0.6 is 0 Å². The van der Waals surface area contributed by atoms with E-state index in [0.717, 1.165) is 0 Å². The van der Waals surface area contributed by atoms with Crippen molar-refractivity contribution in [1.29, 1.82) is 5.41 Å². The maximum absolute atomic E-state index is 10.5. The lowest BCUT2D eigenvalue weighted by molar-refractivity contribution is 0.230. The average molecular weight is 79.0 g/mol. The summed E-state index contributed by atoms with van der Waals surface area (Å²) in [6.45, 7) is 0. The Bertz CT molecular complexity index is 34.6. The van der Waals surface area contributed by atoms with Crippen LogP contribution in [-0.2, 0) is 0 Å². The molecule has 1 nitrogen and oxygen atoms in total. The standard InChI is InChI=1S/C2H3F2N/c3-2(4)1-5/h1-2,5H. The van der Waals surface area contributed by atoms with Crippen molar-refractivity contribution in [1.82, 2.24) is 0 Å². The summed E-state index contributed by atoms with van der Waals surface area (Å²) in [5, 5.41) is 5.78. The minimum Gasteiger partial charge on any atom is -0.307 e. The highest BCUT2D eigenvalue weighted by molar-refractivity contribution is 5.56. The fraction of sp³-hybridized carbons (Fsp3) is 0.500. The first-order chi connectivity index (χ1) is 2.27. The number of alkyl halides is 2. The molecule has 0 radical (unpaired) electrons. The highest BCUT2D eigenvalue weighted by Crippen LogP contribution is 1.80. The molecule has 0 aromatic rings. The molecule has 0 aromatic carbocycles. The van der Waals surface area contributed by atoms with Gasteiger partial charge in [-0.3, -0.25) is 0 Å². The lowest BCUT2D eigenvalue weighted by atomic mass is 10.8. The zero-order valence-electron chi connectivity index (χ0n) is 2.41. The van der Waals surface area contributed by atoms with Gasteiger partial charge in [0, 0.05) is 0 Å². The van der Waals surface area contributed by atoms with Crippen molar-refractivity contribution in [2.24, 2.45) is 0 Å². The average Bonchev–Trinajstić information content (AvgIpc) is 1.38. The van der Waals surface area contributed by atoms with E-state index in [4.69, 9.17) is 5.41 Å². The van der Waals surface area contributed by atoms with Gasteiger partial charge in [0.15, 0.2) is 0 Å². The van der Waals surface area contributed by atoms with Crippen LogP contribution in [0, 0.1) is 5.41 Å². The molecule has 0 aliphatic heterocycles. The van der Waals surface area contributed by atoms with Gasteiger partial charge in [-0.2, -0.15) is 0 Å². The Labute approximate surface area is 28.1 Å². The molecule has 0 heterocycles. The van der Waals surface area contributed by atoms with Gasteiger partial charge in [-0.15, -0.1) is 0 Å². The Balaban J connectivity index is 2.83. The van der Waals surface area contributed by atoms with E-state index in [1.807, 2.05) is 0 Å². The lowest BCUT2D eigenvalue weighted by Crippen LogP contribution is -1.85. The predicted octanol–water partition coefficient (Wildman–Crippen LogP) is 0.901. The van der Waals surface area contributed by atoms with Gasteiger partial charge in [-0.25, -0.2) is 8.78 Å². The molecule has 0 amide bonds. The fourth-order valence-electron chi connectivity index (χ4n) is 0. The van der Waals surface area contributed by atoms with Gasteiger partial charge in [0.1, 0.15) is 0 Å². The highest BCUT2D eigenvalue weighted by Gasteiger charge is 1.87. The van der Waals surface area contributed by atoms with Crippen LogP contribution in [0.1, 0.15) is 0 Å². The summed E-state index contributed by atoms with van der Waals surface area (Å²) in [4.78, 5) is 0. The van der Waals surface area contributed by atoms with E-state index in [-0.39, 0.29) is 6.21 Å². The predicted molar refractivity (Wildman–Crippen MR) is 14.8 cm³/mol.